The Labute approximate surface area is 76.3 Å². The van der Waals surface area contributed by atoms with Gasteiger partial charge in [0.25, 0.3) is 0 Å². The van der Waals surface area contributed by atoms with Crippen molar-refractivity contribution in [3.8, 4) is 0 Å². The van der Waals surface area contributed by atoms with Gasteiger partial charge in [0.1, 0.15) is 0 Å². The lowest BCUT2D eigenvalue weighted by Crippen LogP contribution is -2.34. The molecule has 0 aliphatic heterocycles. The van der Waals surface area contributed by atoms with Crippen LogP contribution in [0.15, 0.2) is 0 Å². The van der Waals surface area contributed by atoms with Crippen molar-refractivity contribution in [1.82, 2.24) is 10.2 Å². The highest BCUT2D eigenvalue weighted by Crippen LogP contribution is 2.28. The van der Waals surface area contributed by atoms with Crippen molar-refractivity contribution < 1.29 is 0 Å². The standard InChI is InChI=1S/C10H22N2/c1-9(2)12(10-5-6-10)8-4-7-11-3/h9-11H,4-8H2,1-3H3. The SMILES string of the molecule is CNCCCN(C(C)C)C1CC1. The number of nitrogens with zero attached hydrogens (tertiary/aromatic N) is 1. The molecule has 2 nitrogen and oxygen atoms in total. The molecule has 0 atom stereocenters. The molecule has 0 heterocycles. The van der Waals surface area contributed by atoms with Gasteiger partial charge in [-0.1, -0.05) is 0 Å². The summed E-state index contributed by atoms with van der Waals surface area (Å²) in [4.78, 5) is 2.64. The summed E-state index contributed by atoms with van der Waals surface area (Å²) in [5, 5.41) is 3.19. The number of hydrogen-bond acceptors (Lipinski definition) is 2. The highest BCUT2D eigenvalue weighted by atomic mass is 15.2. The molecule has 1 fully saturated rings. The Balaban J connectivity index is 2.14. The maximum atomic E-state index is 3.19. The third-order valence-electron chi connectivity index (χ3n) is 2.52. The van der Waals surface area contributed by atoms with E-state index in [1.165, 1.54) is 25.8 Å². The van der Waals surface area contributed by atoms with Crippen LogP contribution in [0.1, 0.15) is 33.1 Å². The normalized spacial score (nSPS) is 17.8. The molecule has 0 saturated heterocycles. The highest BCUT2D eigenvalue weighted by molar-refractivity contribution is 4.86. The second-order valence-corrected chi connectivity index (χ2v) is 4.02. The number of nitrogens with one attached hydrogen (secondary N) is 1. The second-order valence-electron chi connectivity index (χ2n) is 4.02. The first-order valence-electron chi connectivity index (χ1n) is 5.16. The molecule has 1 rings (SSSR count). The third-order valence-corrected chi connectivity index (χ3v) is 2.52. The minimum absolute atomic E-state index is 0.731. The summed E-state index contributed by atoms with van der Waals surface area (Å²) in [7, 11) is 2.02. The van der Waals surface area contributed by atoms with Gasteiger partial charge in [0.2, 0.25) is 0 Å². The largest absolute Gasteiger partial charge is 0.320 e. The molecule has 0 aromatic heterocycles. The van der Waals surface area contributed by atoms with E-state index in [1.54, 1.807) is 0 Å². The van der Waals surface area contributed by atoms with E-state index in [0.29, 0.717) is 0 Å². The molecule has 0 aromatic carbocycles. The molecule has 0 unspecified atom stereocenters. The van der Waals surface area contributed by atoms with Gasteiger partial charge in [-0.2, -0.15) is 0 Å². The molecule has 12 heavy (non-hydrogen) atoms. The van der Waals surface area contributed by atoms with Crippen LogP contribution in [0.5, 0.6) is 0 Å². The van der Waals surface area contributed by atoms with E-state index in [4.69, 9.17) is 0 Å². The predicted molar refractivity (Wildman–Crippen MR) is 53.4 cm³/mol. The van der Waals surface area contributed by atoms with Crippen molar-refractivity contribution in [2.24, 2.45) is 0 Å². The molecule has 1 aliphatic carbocycles. The predicted octanol–water partition coefficient (Wildman–Crippen LogP) is 1.47. The van der Waals surface area contributed by atoms with Gasteiger partial charge in [-0.25, -0.2) is 0 Å². The van der Waals surface area contributed by atoms with Gasteiger partial charge in [-0.15, -0.1) is 0 Å². The van der Waals surface area contributed by atoms with E-state index in [-0.39, 0.29) is 0 Å². The Bertz CT molecular complexity index is 117. The molecule has 0 aromatic rings. The molecule has 0 bridgehead atoms. The monoisotopic (exact) mass is 170 g/mol. The van der Waals surface area contributed by atoms with Gasteiger partial charge < -0.3 is 5.32 Å². The van der Waals surface area contributed by atoms with E-state index < -0.39 is 0 Å². The average molecular weight is 170 g/mol. The molecule has 0 spiro atoms. The summed E-state index contributed by atoms with van der Waals surface area (Å²) in [5.74, 6) is 0. The summed E-state index contributed by atoms with van der Waals surface area (Å²) in [6, 6.07) is 1.65. The average Bonchev–Trinajstić information content (AvgIpc) is 2.80. The van der Waals surface area contributed by atoms with Crippen LogP contribution in [0.3, 0.4) is 0 Å². The van der Waals surface area contributed by atoms with Crippen LogP contribution in [0, 0.1) is 0 Å². The van der Waals surface area contributed by atoms with Crippen LogP contribution >= 0.6 is 0 Å². The topological polar surface area (TPSA) is 15.3 Å². The highest BCUT2D eigenvalue weighted by Gasteiger charge is 2.29. The molecular formula is C10H22N2. The van der Waals surface area contributed by atoms with E-state index in [9.17, 15) is 0 Å². The van der Waals surface area contributed by atoms with Gasteiger partial charge >= 0.3 is 0 Å². The lowest BCUT2D eigenvalue weighted by atomic mass is 10.2. The fourth-order valence-corrected chi connectivity index (χ4v) is 1.71. The lowest BCUT2D eigenvalue weighted by molar-refractivity contribution is 0.209. The Morgan fingerprint density at radius 2 is 2.08 bits per heavy atom. The van der Waals surface area contributed by atoms with Crippen molar-refractivity contribution in [2.45, 2.75) is 45.2 Å². The van der Waals surface area contributed by atoms with Crippen molar-refractivity contribution in [2.75, 3.05) is 20.1 Å². The maximum Gasteiger partial charge on any atom is 0.00991 e. The first kappa shape index (κ1) is 10.0. The van der Waals surface area contributed by atoms with Crippen LogP contribution in [-0.2, 0) is 0 Å². The van der Waals surface area contributed by atoms with Crippen LogP contribution in [0.4, 0.5) is 0 Å². The summed E-state index contributed by atoms with van der Waals surface area (Å²) < 4.78 is 0. The fourth-order valence-electron chi connectivity index (χ4n) is 1.71. The third kappa shape index (κ3) is 3.11. The van der Waals surface area contributed by atoms with E-state index in [1.807, 2.05) is 7.05 Å². The Kier molecular flexibility index (Phi) is 4.02. The minimum atomic E-state index is 0.731. The van der Waals surface area contributed by atoms with Gasteiger partial charge in [0, 0.05) is 12.1 Å². The van der Waals surface area contributed by atoms with Gasteiger partial charge in [0.15, 0.2) is 0 Å². The quantitative estimate of drug-likeness (QED) is 0.607. The van der Waals surface area contributed by atoms with Crippen molar-refractivity contribution >= 4 is 0 Å². The van der Waals surface area contributed by atoms with Gasteiger partial charge in [0.05, 0.1) is 0 Å². The molecule has 0 radical (unpaired) electrons. The molecule has 1 saturated carbocycles. The van der Waals surface area contributed by atoms with Gasteiger partial charge in [-0.3, -0.25) is 4.90 Å². The van der Waals surface area contributed by atoms with E-state index >= 15 is 0 Å². The van der Waals surface area contributed by atoms with E-state index in [2.05, 4.69) is 24.1 Å². The summed E-state index contributed by atoms with van der Waals surface area (Å²) >= 11 is 0. The zero-order chi connectivity index (χ0) is 8.97. The number of rotatable bonds is 6. The van der Waals surface area contributed by atoms with Crippen molar-refractivity contribution in [3.05, 3.63) is 0 Å². The van der Waals surface area contributed by atoms with Crippen LogP contribution in [0.25, 0.3) is 0 Å². The van der Waals surface area contributed by atoms with Crippen LogP contribution in [-0.4, -0.2) is 37.1 Å². The molecule has 2 heteroatoms. The second kappa shape index (κ2) is 4.83. The Morgan fingerprint density at radius 1 is 1.42 bits per heavy atom. The Hall–Kier alpha value is -0.0800. The minimum Gasteiger partial charge on any atom is -0.320 e. The van der Waals surface area contributed by atoms with Gasteiger partial charge in [-0.05, 0) is 53.2 Å². The molecule has 0 amide bonds. The summed E-state index contributed by atoms with van der Waals surface area (Å²) in [6.07, 6.45) is 4.14. The Morgan fingerprint density at radius 3 is 2.50 bits per heavy atom. The zero-order valence-electron chi connectivity index (χ0n) is 8.64. The summed E-state index contributed by atoms with van der Waals surface area (Å²) in [6.45, 7) is 7.02. The zero-order valence-corrected chi connectivity index (χ0v) is 8.64. The fraction of sp³-hybridized carbons (Fsp3) is 1.00. The van der Waals surface area contributed by atoms with Crippen molar-refractivity contribution in [1.29, 1.82) is 0 Å². The lowest BCUT2D eigenvalue weighted by Gasteiger charge is -2.26. The van der Waals surface area contributed by atoms with Crippen LogP contribution < -0.4 is 5.32 Å². The first-order chi connectivity index (χ1) is 5.75. The number of hydrogen-bond donors (Lipinski definition) is 1. The molecule has 1 aliphatic rings. The maximum absolute atomic E-state index is 3.19. The molecule has 1 N–H and O–H groups in total. The van der Waals surface area contributed by atoms with Crippen molar-refractivity contribution in [3.63, 3.8) is 0 Å². The van der Waals surface area contributed by atoms with E-state index in [0.717, 1.165) is 18.6 Å². The van der Waals surface area contributed by atoms with Crippen LogP contribution in [0.2, 0.25) is 0 Å². The smallest absolute Gasteiger partial charge is 0.00991 e. The molecule has 72 valence electrons. The summed E-state index contributed by atoms with van der Waals surface area (Å²) in [5.41, 5.74) is 0. The first-order valence-corrected chi connectivity index (χ1v) is 5.16. The molecular weight excluding hydrogens is 148 g/mol.